The number of nitrogens with two attached hydrogens (primary N) is 1. The standard InChI is InChI=1S/C9H18N2O4S/c1-9(2,3)15-8(12)11-7-5-16(13,14)4-6(7)10/h6-7H,4-5,10H2,1-3H3,(H,11,12)/t6-,7-/m1/s1. The molecule has 16 heavy (non-hydrogen) atoms. The molecule has 1 saturated heterocycles. The number of ether oxygens (including phenoxy) is 1. The van der Waals surface area contributed by atoms with Crippen LogP contribution in [-0.2, 0) is 14.6 Å². The van der Waals surface area contributed by atoms with Gasteiger partial charge in [-0.15, -0.1) is 0 Å². The zero-order valence-electron chi connectivity index (χ0n) is 9.69. The third kappa shape index (κ3) is 3.97. The van der Waals surface area contributed by atoms with Crippen LogP contribution in [0, 0.1) is 0 Å². The van der Waals surface area contributed by atoms with E-state index in [9.17, 15) is 13.2 Å². The van der Waals surface area contributed by atoms with Gasteiger partial charge in [0.15, 0.2) is 9.84 Å². The first-order valence-electron chi connectivity index (χ1n) is 5.04. The predicted octanol–water partition coefficient (Wildman–Crippen LogP) is -0.365. The molecular weight excluding hydrogens is 232 g/mol. The molecule has 0 bridgehead atoms. The lowest BCUT2D eigenvalue weighted by molar-refractivity contribution is 0.0506. The molecule has 0 aliphatic carbocycles. The van der Waals surface area contributed by atoms with E-state index >= 15 is 0 Å². The Morgan fingerprint density at radius 1 is 1.38 bits per heavy atom. The van der Waals surface area contributed by atoms with Crippen molar-refractivity contribution in [2.45, 2.75) is 38.5 Å². The number of carbonyl (C=O) groups is 1. The Labute approximate surface area is 95.4 Å². The van der Waals surface area contributed by atoms with Crippen LogP contribution >= 0.6 is 0 Å². The van der Waals surface area contributed by atoms with Crippen molar-refractivity contribution in [1.29, 1.82) is 0 Å². The van der Waals surface area contributed by atoms with Crippen LogP contribution in [0.15, 0.2) is 0 Å². The first-order valence-corrected chi connectivity index (χ1v) is 6.87. The van der Waals surface area contributed by atoms with Gasteiger partial charge in [0.1, 0.15) is 5.60 Å². The number of nitrogens with one attached hydrogen (secondary N) is 1. The fraction of sp³-hybridized carbons (Fsp3) is 0.889. The average molecular weight is 250 g/mol. The van der Waals surface area contributed by atoms with Crippen molar-refractivity contribution in [3.8, 4) is 0 Å². The van der Waals surface area contributed by atoms with Crippen molar-refractivity contribution in [1.82, 2.24) is 5.32 Å². The Balaban J connectivity index is 2.53. The molecule has 1 rings (SSSR count). The molecule has 0 aromatic carbocycles. The summed E-state index contributed by atoms with van der Waals surface area (Å²) in [5.74, 6) is -0.207. The molecule has 1 fully saturated rings. The van der Waals surface area contributed by atoms with Crippen molar-refractivity contribution in [3.63, 3.8) is 0 Å². The molecule has 0 aromatic heterocycles. The van der Waals surface area contributed by atoms with Crippen LogP contribution in [0.3, 0.4) is 0 Å². The smallest absolute Gasteiger partial charge is 0.407 e. The van der Waals surface area contributed by atoms with Crippen LogP contribution in [0.5, 0.6) is 0 Å². The van der Waals surface area contributed by atoms with Crippen LogP contribution in [-0.4, -0.2) is 43.7 Å². The number of hydrogen-bond acceptors (Lipinski definition) is 5. The van der Waals surface area contributed by atoms with Gasteiger partial charge in [-0.2, -0.15) is 0 Å². The Morgan fingerprint density at radius 3 is 2.31 bits per heavy atom. The van der Waals surface area contributed by atoms with Crippen LogP contribution in [0.25, 0.3) is 0 Å². The molecule has 1 aliphatic rings. The number of hydrogen-bond donors (Lipinski definition) is 2. The summed E-state index contributed by atoms with van der Waals surface area (Å²) in [5.41, 5.74) is 5.01. The molecule has 0 radical (unpaired) electrons. The van der Waals surface area contributed by atoms with Gasteiger partial charge < -0.3 is 15.8 Å². The van der Waals surface area contributed by atoms with Crippen molar-refractivity contribution in [2.24, 2.45) is 5.73 Å². The predicted molar refractivity (Wildman–Crippen MR) is 59.8 cm³/mol. The molecule has 0 unspecified atom stereocenters. The number of amides is 1. The molecule has 0 saturated carbocycles. The van der Waals surface area contributed by atoms with Gasteiger partial charge in [-0.05, 0) is 20.8 Å². The number of rotatable bonds is 1. The molecule has 94 valence electrons. The summed E-state index contributed by atoms with van der Waals surface area (Å²) in [6.45, 7) is 5.20. The van der Waals surface area contributed by atoms with Crippen molar-refractivity contribution < 1.29 is 17.9 Å². The second-order valence-electron chi connectivity index (χ2n) is 4.99. The van der Waals surface area contributed by atoms with Gasteiger partial charge in [0.25, 0.3) is 0 Å². The lowest BCUT2D eigenvalue weighted by Crippen LogP contribution is -2.48. The van der Waals surface area contributed by atoms with Gasteiger partial charge in [0, 0.05) is 6.04 Å². The fourth-order valence-electron chi connectivity index (χ4n) is 1.48. The summed E-state index contributed by atoms with van der Waals surface area (Å²) in [6.07, 6.45) is -0.634. The number of sulfone groups is 1. The van der Waals surface area contributed by atoms with Crippen LogP contribution in [0.1, 0.15) is 20.8 Å². The first kappa shape index (κ1) is 13.2. The van der Waals surface area contributed by atoms with Gasteiger partial charge in [0.05, 0.1) is 17.5 Å². The van der Waals surface area contributed by atoms with Crippen LogP contribution < -0.4 is 11.1 Å². The monoisotopic (exact) mass is 250 g/mol. The highest BCUT2D eigenvalue weighted by Crippen LogP contribution is 2.12. The third-order valence-corrected chi connectivity index (χ3v) is 3.86. The molecule has 0 aromatic rings. The summed E-state index contributed by atoms with van der Waals surface area (Å²) in [7, 11) is -3.13. The Kier molecular flexibility index (Phi) is 3.49. The topological polar surface area (TPSA) is 98.5 Å². The lowest BCUT2D eigenvalue weighted by atomic mass is 10.2. The number of carbonyl (C=O) groups excluding carboxylic acids is 1. The normalized spacial score (nSPS) is 28.8. The second kappa shape index (κ2) is 4.21. The maximum atomic E-state index is 11.4. The maximum Gasteiger partial charge on any atom is 0.407 e. The summed E-state index contributed by atoms with van der Waals surface area (Å²) in [5, 5.41) is 2.48. The molecule has 1 amide bonds. The largest absolute Gasteiger partial charge is 0.444 e. The van der Waals surface area contributed by atoms with E-state index in [1.807, 2.05) is 0 Å². The van der Waals surface area contributed by atoms with Gasteiger partial charge >= 0.3 is 6.09 Å². The molecular formula is C9H18N2O4S. The molecule has 2 atom stereocenters. The van der Waals surface area contributed by atoms with E-state index in [2.05, 4.69) is 5.32 Å². The SMILES string of the molecule is CC(C)(C)OC(=O)N[C@@H]1CS(=O)(=O)C[C@H]1N. The molecule has 6 nitrogen and oxygen atoms in total. The zero-order chi connectivity index (χ0) is 12.6. The highest BCUT2D eigenvalue weighted by molar-refractivity contribution is 7.91. The summed E-state index contributed by atoms with van der Waals surface area (Å²) in [6, 6.07) is -1.11. The van der Waals surface area contributed by atoms with Gasteiger partial charge in [-0.3, -0.25) is 0 Å². The Morgan fingerprint density at radius 2 is 1.94 bits per heavy atom. The van der Waals surface area contributed by atoms with E-state index in [0.717, 1.165) is 0 Å². The van der Waals surface area contributed by atoms with Crippen molar-refractivity contribution in [3.05, 3.63) is 0 Å². The van der Waals surface area contributed by atoms with E-state index in [-0.39, 0.29) is 11.5 Å². The molecule has 1 heterocycles. The first-order chi connectivity index (χ1) is 7.09. The van der Waals surface area contributed by atoms with Crippen LogP contribution in [0.2, 0.25) is 0 Å². The van der Waals surface area contributed by atoms with E-state index in [0.29, 0.717) is 0 Å². The van der Waals surface area contributed by atoms with E-state index in [1.54, 1.807) is 20.8 Å². The van der Waals surface area contributed by atoms with Gasteiger partial charge in [0.2, 0.25) is 0 Å². The van der Waals surface area contributed by atoms with E-state index < -0.39 is 33.6 Å². The third-order valence-electron chi connectivity index (χ3n) is 2.10. The minimum atomic E-state index is -3.13. The van der Waals surface area contributed by atoms with E-state index in [4.69, 9.17) is 10.5 Å². The molecule has 0 spiro atoms. The Bertz CT molecular complexity index is 371. The maximum absolute atomic E-state index is 11.4. The Hall–Kier alpha value is -0.820. The summed E-state index contributed by atoms with van der Waals surface area (Å²) >= 11 is 0. The quantitative estimate of drug-likeness (QED) is 0.662. The number of alkyl carbamates (subject to hydrolysis) is 1. The van der Waals surface area contributed by atoms with Crippen molar-refractivity contribution in [2.75, 3.05) is 11.5 Å². The van der Waals surface area contributed by atoms with E-state index in [1.165, 1.54) is 0 Å². The van der Waals surface area contributed by atoms with Gasteiger partial charge in [-0.25, -0.2) is 13.2 Å². The summed E-state index contributed by atoms with van der Waals surface area (Å²) in [4.78, 5) is 11.4. The summed E-state index contributed by atoms with van der Waals surface area (Å²) < 4.78 is 27.5. The minimum Gasteiger partial charge on any atom is -0.444 e. The lowest BCUT2D eigenvalue weighted by Gasteiger charge is -2.22. The fourth-order valence-corrected chi connectivity index (χ4v) is 3.31. The second-order valence-corrected chi connectivity index (χ2v) is 7.15. The van der Waals surface area contributed by atoms with Crippen molar-refractivity contribution >= 4 is 15.9 Å². The van der Waals surface area contributed by atoms with Gasteiger partial charge in [-0.1, -0.05) is 0 Å². The minimum absolute atomic E-state index is 0.0898. The molecule has 7 heteroatoms. The zero-order valence-corrected chi connectivity index (χ0v) is 10.5. The highest BCUT2D eigenvalue weighted by atomic mass is 32.2. The molecule has 3 N–H and O–H groups in total. The highest BCUT2D eigenvalue weighted by Gasteiger charge is 2.36. The average Bonchev–Trinajstić information content (AvgIpc) is 2.19. The molecule has 1 aliphatic heterocycles. The van der Waals surface area contributed by atoms with Crippen LogP contribution in [0.4, 0.5) is 4.79 Å².